The van der Waals surface area contributed by atoms with Crippen molar-refractivity contribution in [1.29, 1.82) is 0 Å². The van der Waals surface area contributed by atoms with Gasteiger partial charge in [-0.2, -0.15) is 0 Å². The van der Waals surface area contributed by atoms with Crippen LogP contribution in [-0.2, 0) is 9.53 Å². The lowest BCUT2D eigenvalue weighted by Crippen LogP contribution is -2.06. The minimum absolute atomic E-state index is 0.0501. The number of rotatable bonds is 7. The molecule has 0 heterocycles. The molecule has 0 aliphatic rings. The van der Waals surface area contributed by atoms with Gasteiger partial charge in [-0.3, -0.25) is 4.79 Å². The Bertz CT molecular complexity index is 132. The number of unbranched alkanes of at least 4 members (excludes halogenated alkanes) is 1. The highest BCUT2D eigenvalue weighted by atomic mass is 16.5. The number of hydrogen-bond acceptors (Lipinski definition) is 2. The molecule has 0 aliphatic carbocycles. The van der Waals surface area contributed by atoms with E-state index in [1.54, 1.807) is 0 Å². The second-order valence-electron chi connectivity index (χ2n) is 3.59. The van der Waals surface area contributed by atoms with Crippen molar-refractivity contribution in [3.63, 3.8) is 0 Å². The first-order chi connectivity index (χ1) is 6.20. The molecule has 0 aromatic carbocycles. The average molecular weight is 186 g/mol. The molecule has 78 valence electrons. The van der Waals surface area contributed by atoms with Crippen molar-refractivity contribution in [1.82, 2.24) is 0 Å². The molecule has 0 N–H and O–H groups in total. The van der Waals surface area contributed by atoms with Crippen molar-refractivity contribution >= 4 is 5.97 Å². The van der Waals surface area contributed by atoms with Crippen molar-refractivity contribution < 1.29 is 9.53 Å². The molecule has 1 atom stereocenters. The van der Waals surface area contributed by atoms with Gasteiger partial charge in [0.25, 0.3) is 0 Å². The Hall–Kier alpha value is -0.530. The maximum Gasteiger partial charge on any atom is 0.305 e. The topological polar surface area (TPSA) is 26.3 Å². The van der Waals surface area contributed by atoms with Crippen LogP contribution in [0.4, 0.5) is 0 Å². The lowest BCUT2D eigenvalue weighted by atomic mass is 9.99. The smallest absolute Gasteiger partial charge is 0.305 e. The Morgan fingerprint density at radius 1 is 1.31 bits per heavy atom. The molecule has 0 radical (unpaired) electrons. The van der Waals surface area contributed by atoms with Crippen LogP contribution in [0, 0.1) is 5.92 Å². The molecule has 0 aromatic heterocycles. The standard InChI is InChI=1S/C11H22O2/c1-4-6-7-10(3)8-9-11(12)13-5-2/h10H,4-9H2,1-3H3/t10-/m0/s1. The molecular formula is C11H22O2. The van der Waals surface area contributed by atoms with Crippen LogP contribution in [0.3, 0.4) is 0 Å². The molecule has 0 aromatic rings. The maximum absolute atomic E-state index is 11.0. The summed E-state index contributed by atoms with van der Waals surface area (Å²) >= 11 is 0. The van der Waals surface area contributed by atoms with Gasteiger partial charge in [0.15, 0.2) is 0 Å². The highest BCUT2D eigenvalue weighted by Crippen LogP contribution is 2.13. The van der Waals surface area contributed by atoms with Gasteiger partial charge in [0.1, 0.15) is 0 Å². The summed E-state index contributed by atoms with van der Waals surface area (Å²) in [5.74, 6) is 0.607. The maximum atomic E-state index is 11.0. The van der Waals surface area contributed by atoms with E-state index in [9.17, 15) is 4.79 Å². The van der Waals surface area contributed by atoms with Gasteiger partial charge in [0.05, 0.1) is 6.61 Å². The van der Waals surface area contributed by atoms with Crippen LogP contribution in [-0.4, -0.2) is 12.6 Å². The fourth-order valence-corrected chi connectivity index (χ4v) is 1.29. The first kappa shape index (κ1) is 12.5. The van der Waals surface area contributed by atoms with Crippen LogP contribution < -0.4 is 0 Å². The SMILES string of the molecule is CCCC[C@H](C)CCC(=O)OCC. The molecule has 0 unspecified atom stereocenters. The summed E-state index contributed by atoms with van der Waals surface area (Å²) in [7, 11) is 0. The van der Waals surface area contributed by atoms with E-state index in [4.69, 9.17) is 4.74 Å². The minimum Gasteiger partial charge on any atom is -0.466 e. The van der Waals surface area contributed by atoms with Crippen LogP contribution in [0.15, 0.2) is 0 Å². The summed E-state index contributed by atoms with van der Waals surface area (Å²) in [6.07, 6.45) is 5.29. The van der Waals surface area contributed by atoms with Gasteiger partial charge in [-0.15, -0.1) is 0 Å². The van der Waals surface area contributed by atoms with E-state index in [0.717, 1.165) is 6.42 Å². The van der Waals surface area contributed by atoms with E-state index in [1.807, 2.05) is 6.92 Å². The largest absolute Gasteiger partial charge is 0.466 e. The first-order valence-corrected chi connectivity index (χ1v) is 5.36. The van der Waals surface area contributed by atoms with Gasteiger partial charge < -0.3 is 4.74 Å². The Balaban J connectivity index is 3.34. The molecule has 0 rings (SSSR count). The van der Waals surface area contributed by atoms with E-state index in [-0.39, 0.29) is 5.97 Å². The molecule has 0 saturated carbocycles. The van der Waals surface area contributed by atoms with Gasteiger partial charge in [0, 0.05) is 6.42 Å². The van der Waals surface area contributed by atoms with Crippen molar-refractivity contribution in [2.45, 2.75) is 52.9 Å². The minimum atomic E-state index is -0.0501. The van der Waals surface area contributed by atoms with Crippen LogP contribution >= 0.6 is 0 Å². The van der Waals surface area contributed by atoms with Gasteiger partial charge in [0.2, 0.25) is 0 Å². The highest BCUT2D eigenvalue weighted by Gasteiger charge is 2.06. The van der Waals surface area contributed by atoms with Gasteiger partial charge in [-0.25, -0.2) is 0 Å². The summed E-state index contributed by atoms with van der Waals surface area (Å²) in [6, 6.07) is 0. The summed E-state index contributed by atoms with van der Waals surface area (Å²) in [5.41, 5.74) is 0. The van der Waals surface area contributed by atoms with Crippen molar-refractivity contribution in [3.05, 3.63) is 0 Å². The van der Waals surface area contributed by atoms with Gasteiger partial charge in [-0.1, -0.05) is 33.1 Å². The lowest BCUT2D eigenvalue weighted by molar-refractivity contribution is -0.143. The third-order valence-corrected chi connectivity index (χ3v) is 2.20. The number of carbonyl (C=O) groups excluding carboxylic acids is 1. The number of ether oxygens (including phenoxy) is 1. The van der Waals surface area contributed by atoms with Gasteiger partial charge >= 0.3 is 5.97 Å². The summed E-state index contributed by atoms with van der Waals surface area (Å²) in [4.78, 5) is 11.0. The second kappa shape index (κ2) is 8.09. The van der Waals surface area contributed by atoms with Crippen molar-refractivity contribution in [2.75, 3.05) is 6.61 Å². The van der Waals surface area contributed by atoms with Crippen LogP contribution in [0.5, 0.6) is 0 Å². The van der Waals surface area contributed by atoms with E-state index >= 15 is 0 Å². The zero-order chi connectivity index (χ0) is 10.1. The van der Waals surface area contributed by atoms with Crippen LogP contribution in [0.2, 0.25) is 0 Å². The fraction of sp³-hybridized carbons (Fsp3) is 0.909. The Kier molecular flexibility index (Phi) is 7.76. The third kappa shape index (κ3) is 7.82. The summed E-state index contributed by atoms with van der Waals surface area (Å²) in [6.45, 7) is 6.74. The quantitative estimate of drug-likeness (QED) is 0.571. The monoisotopic (exact) mass is 186 g/mol. The Morgan fingerprint density at radius 2 is 2.00 bits per heavy atom. The molecule has 0 spiro atoms. The van der Waals surface area contributed by atoms with Gasteiger partial charge in [-0.05, 0) is 19.3 Å². The normalized spacial score (nSPS) is 12.5. The second-order valence-corrected chi connectivity index (χ2v) is 3.59. The Labute approximate surface area is 81.7 Å². The molecule has 0 amide bonds. The Morgan fingerprint density at radius 3 is 2.54 bits per heavy atom. The number of hydrogen-bond donors (Lipinski definition) is 0. The molecule has 2 heteroatoms. The molecule has 0 fully saturated rings. The number of carbonyl (C=O) groups is 1. The summed E-state index contributed by atoms with van der Waals surface area (Å²) < 4.78 is 4.86. The highest BCUT2D eigenvalue weighted by molar-refractivity contribution is 5.69. The molecule has 2 nitrogen and oxygen atoms in total. The molecule has 13 heavy (non-hydrogen) atoms. The van der Waals surface area contributed by atoms with Crippen molar-refractivity contribution in [2.24, 2.45) is 5.92 Å². The summed E-state index contributed by atoms with van der Waals surface area (Å²) in [5, 5.41) is 0. The van der Waals surface area contributed by atoms with E-state index in [1.165, 1.54) is 19.3 Å². The first-order valence-electron chi connectivity index (χ1n) is 5.36. The predicted octanol–water partition coefficient (Wildman–Crippen LogP) is 3.16. The van der Waals surface area contributed by atoms with E-state index < -0.39 is 0 Å². The average Bonchev–Trinajstić information content (AvgIpc) is 2.12. The molecule has 0 bridgehead atoms. The lowest BCUT2D eigenvalue weighted by Gasteiger charge is -2.09. The zero-order valence-corrected chi connectivity index (χ0v) is 9.14. The molecular weight excluding hydrogens is 164 g/mol. The van der Waals surface area contributed by atoms with Crippen LogP contribution in [0.25, 0.3) is 0 Å². The number of esters is 1. The predicted molar refractivity (Wildman–Crippen MR) is 54.6 cm³/mol. The third-order valence-electron chi connectivity index (χ3n) is 2.20. The van der Waals surface area contributed by atoms with E-state index in [0.29, 0.717) is 18.9 Å². The fourth-order valence-electron chi connectivity index (χ4n) is 1.29. The molecule has 0 aliphatic heterocycles. The van der Waals surface area contributed by atoms with E-state index in [2.05, 4.69) is 13.8 Å². The zero-order valence-electron chi connectivity index (χ0n) is 9.14. The van der Waals surface area contributed by atoms with Crippen LogP contribution in [0.1, 0.15) is 52.9 Å². The molecule has 0 saturated heterocycles. The van der Waals surface area contributed by atoms with Crippen molar-refractivity contribution in [3.8, 4) is 0 Å².